The minimum atomic E-state index is -1.00. The van der Waals surface area contributed by atoms with E-state index in [0.717, 1.165) is 5.69 Å². The van der Waals surface area contributed by atoms with Crippen LogP contribution in [0.1, 0.15) is 38.4 Å². The lowest BCUT2D eigenvalue weighted by atomic mass is 9.96. The fourth-order valence-electron chi connectivity index (χ4n) is 2.24. The second kappa shape index (κ2) is 4.64. The highest BCUT2D eigenvalue weighted by molar-refractivity contribution is 5.85. The summed E-state index contributed by atoms with van der Waals surface area (Å²) in [5, 5.41) is 15.4. The van der Waals surface area contributed by atoms with Gasteiger partial charge in [0.2, 0.25) is 0 Å². The first-order chi connectivity index (χ1) is 8.47. The lowest BCUT2D eigenvalue weighted by molar-refractivity contribution is 0.0690. The Bertz CT molecular complexity index is 577. The third-order valence-corrected chi connectivity index (χ3v) is 3.06. The van der Waals surface area contributed by atoms with Gasteiger partial charge in [0.1, 0.15) is 0 Å². The SMILES string of the molecule is Cc1cc(C)c(Cc2cc(C(=O)O)n[nH]2)c(C)c1. The van der Waals surface area contributed by atoms with Gasteiger partial charge in [0.05, 0.1) is 0 Å². The maximum absolute atomic E-state index is 10.8. The number of rotatable bonds is 3. The van der Waals surface area contributed by atoms with Crippen molar-refractivity contribution in [2.75, 3.05) is 0 Å². The number of nitrogens with zero attached hydrogens (tertiary/aromatic N) is 1. The average Bonchev–Trinajstić information content (AvgIpc) is 2.71. The molecule has 0 radical (unpaired) electrons. The molecule has 0 spiro atoms. The maximum Gasteiger partial charge on any atom is 0.356 e. The Kier molecular flexibility index (Phi) is 3.19. The summed E-state index contributed by atoms with van der Waals surface area (Å²) in [6, 6.07) is 5.86. The van der Waals surface area contributed by atoms with Crippen molar-refractivity contribution in [3.05, 3.63) is 51.8 Å². The Morgan fingerprint density at radius 1 is 1.22 bits per heavy atom. The number of H-pyrrole nitrogens is 1. The topological polar surface area (TPSA) is 66.0 Å². The van der Waals surface area contributed by atoms with Gasteiger partial charge in [-0.2, -0.15) is 5.10 Å². The average molecular weight is 244 g/mol. The molecule has 0 saturated carbocycles. The zero-order valence-electron chi connectivity index (χ0n) is 10.7. The lowest BCUT2D eigenvalue weighted by Gasteiger charge is -2.10. The molecule has 2 N–H and O–H groups in total. The summed E-state index contributed by atoms with van der Waals surface area (Å²) in [7, 11) is 0. The highest BCUT2D eigenvalue weighted by Crippen LogP contribution is 2.19. The lowest BCUT2D eigenvalue weighted by Crippen LogP contribution is -1.97. The molecule has 0 bridgehead atoms. The molecule has 0 atom stereocenters. The predicted octanol–water partition coefficient (Wildman–Crippen LogP) is 2.62. The molecule has 0 aliphatic rings. The third-order valence-electron chi connectivity index (χ3n) is 3.06. The van der Waals surface area contributed by atoms with Gasteiger partial charge >= 0.3 is 5.97 Å². The van der Waals surface area contributed by atoms with Crippen LogP contribution in [-0.4, -0.2) is 21.3 Å². The number of carboxylic acids is 1. The number of nitrogens with one attached hydrogen (secondary N) is 1. The number of carboxylic acid groups (broad SMARTS) is 1. The fraction of sp³-hybridized carbons (Fsp3) is 0.286. The molecule has 0 fully saturated rings. The van der Waals surface area contributed by atoms with Crippen LogP contribution in [0.3, 0.4) is 0 Å². The van der Waals surface area contributed by atoms with Crippen LogP contribution in [0.15, 0.2) is 18.2 Å². The van der Waals surface area contributed by atoms with E-state index in [4.69, 9.17) is 5.11 Å². The molecule has 1 heterocycles. The minimum absolute atomic E-state index is 0.0624. The first kappa shape index (κ1) is 12.4. The molecule has 18 heavy (non-hydrogen) atoms. The summed E-state index contributed by atoms with van der Waals surface area (Å²) in [5.41, 5.74) is 5.79. The van der Waals surface area contributed by atoms with E-state index >= 15 is 0 Å². The van der Waals surface area contributed by atoms with Crippen molar-refractivity contribution < 1.29 is 9.90 Å². The molecule has 94 valence electrons. The van der Waals surface area contributed by atoms with Gasteiger partial charge in [-0.3, -0.25) is 5.10 Å². The Morgan fingerprint density at radius 2 is 1.83 bits per heavy atom. The van der Waals surface area contributed by atoms with Crippen LogP contribution in [0.2, 0.25) is 0 Å². The van der Waals surface area contributed by atoms with Crippen molar-refractivity contribution >= 4 is 5.97 Å². The number of carbonyl (C=O) groups is 1. The van der Waals surface area contributed by atoms with Crippen molar-refractivity contribution in [3.8, 4) is 0 Å². The largest absolute Gasteiger partial charge is 0.476 e. The van der Waals surface area contributed by atoms with Crippen molar-refractivity contribution in [2.24, 2.45) is 0 Å². The third kappa shape index (κ3) is 2.42. The van der Waals surface area contributed by atoms with E-state index < -0.39 is 5.97 Å². The number of aryl methyl sites for hydroxylation is 3. The zero-order chi connectivity index (χ0) is 13.3. The van der Waals surface area contributed by atoms with Crippen molar-refractivity contribution in [1.29, 1.82) is 0 Å². The number of aromatic amines is 1. The van der Waals surface area contributed by atoms with E-state index in [2.05, 4.69) is 43.1 Å². The molecule has 0 unspecified atom stereocenters. The van der Waals surface area contributed by atoms with Crippen LogP contribution in [0, 0.1) is 20.8 Å². The molecule has 0 aliphatic carbocycles. The zero-order valence-corrected chi connectivity index (χ0v) is 10.7. The Balaban J connectivity index is 2.31. The predicted molar refractivity (Wildman–Crippen MR) is 69.0 cm³/mol. The molecule has 0 aliphatic heterocycles. The summed E-state index contributed by atoms with van der Waals surface area (Å²) in [6.07, 6.45) is 0.679. The highest BCUT2D eigenvalue weighted by atomic mass is 16.4. The summed E-state index contributed by atoms with van der Waals surface area (Å²) in [4.78, 5) is 10.8. The van der Waals surface area contributed by atoms with E-state index in [-0.39, 0.29) is 5.69 Å². The van der Waals surface area contributed by atoms with Crippen molar-refractivity contribution in [3.63, 3.8) is 0 Å². The molecule has 1 aromatic heterocycles. The summed E-state index contributed by atoms with van der Waals surface area (Å²) < 4.78 is 0. The van der Waals surface area contributed by atoms with E-state index in [9.17, 15) is 4.79 Å². The van der Waals surface area contributed by atoms with Crippen LogP contribution in [0.25, 0.3) is 0 Å². The van der Waals surface area contributed by atoms with Gasteiger partial charge in [-0.15, -0.1) is 0 Å². The Labute approximate surface area is 106 Å². The smallest absolute Gasteiger partial charge is 0.356 e. The number of aromatic carboxylic acids is 1. The van der Waals surface area contributed by atoms with Gasteiger partial charge in [-0.1, -0.05) is 17.7 Å². The summed E-state index contributed by atoms with van der Waals surface area (Å²) in [6.45, 7) is 6.22. The molecule has 2 rings (SSSR count). The van der Waals surface area contributed by atoms with Gasteiger partial charge < -0.3 is 5.11 Å². The van der Waals surface area contributed by atoms with Crippen molar-refractivity contribution in [1.82, 2.24) is 10.2 Å². The van der Waals surface area contributed by atoms with E-state index in [0.29, 0.717) is 6.42 Å². The van der Waals surface area contributed by atoms with Gasteiger partial charge in [0.15, 0.2) is 5.69 Å². The van der Waals surface area contributed by atoms with E-state index in [1.807, 2.05) is 0 Å². The van der Waals surface area contributed by atoms with Gasteiger partial charge in [0.25, 0.3) is 0 Å². The number of hydrogen-bond acceptors (Lipinski definition) is 2. The fourth-order valence-corrected chi connectivity index (χ4v) is 2.24. The Morgan fingerprint density at radius 3 is 2.33 bits per heavy atom. The molecule has 4 nitrogen and oxygen atoms in total. The molecule has 4 heteroatoms. The summed E-state index contributed by atoms with van der Waals surface area (Å²) >= 11 is 0. The first-order valence-corrected chi connectivity index (χ1v) is 5.81. The van der Waals surface area contributed by atoms with E-state index in [1.165, 1.54) is 22.3 Å². The number of benzene rings is 1. The monoisotopic (exact) mass is 244 g/mol. The van der Waals surface area contributed by atoms with Crippen LogP contribution in [-0.2, 0) is 6.42 Å². The van der Waals surface area contributed by atoms with Crippen LogP contribution in [0.5, 0.6) is 0 Å². The normalized spacial score (nSPS) is 10.6. The quantitative estimate of drug-likeness (QED) is 0.872. The van der Waals surface area contributed by atoms with Crippen LogP contribution >= 0.6 is 0 Å². The van der Waals surface area contributed by atoms with Gasteiger partial charge in [-0.05, 0) is 43.5 Å². The minimum Gasteiger partial charge on any atom is -0.476 e. The number of aromatic nitrogens is 2. The maximum atomic E-state index is 10.8. The molecule has 0 amide bonds. The van der Waals surface area contributed by atoms with Crippen LogP contribution < -0.4 is 0 Å². The molecular formula is C14H16N2O2. The van der Waals surface area contributed by atoms with Gasteiger partial charge in [-0.25, -0.2) is 4.79 Å². The highest BCUT2D eigenvalue weighted by Gasteiger charge is 2.10. The molecular weight excluding hydrogens is 228 g/mol. The second-order valence-electron chi connectivity index (χ2n) is 4.64. The molecule has 2 aromatic rings. The summed E-state index contributed by atoms with van der Waals surface area (Å²) in [5.74, 6) is -1.00. The first-order valence-electron chi connectivity index (χ1n) is 5.81. The van der Waals surface area contributed by atoms with Crippen LogP contribution in [0.4, 0.5) is 0 Å². The molecule has 0 saturated heterocycles. The Hall–Kier alpha value is -2.10. The molecule has 1 aromatic carbocycles. The van der Waals surface area contributed by atoms with Crippen molar-refractivity contribution in [2.45, 2.75) is 27.2 Å². The number of hydrogen-bond donors (Lipinski definition) is 2. The second-order valence-corrected chi connectivity index (χ2v) is 4.64. The van der Waals surface area contributed by atoms with E-state index in [1.54, 1.807) is 6.07 Å². The standard InChI is InChI=1S/C14H16N2O2/c1-8-4-9(2)12(10(3)5-8)6-11-7-13(14(17)18)16-15-11/h4-5,7H,6H2,1-3H3,(H,15,16)(H,17,18). The van der Waals surface area contributed by atoms with Gasteiger partial charge in [0, 0.05) is 12.1 Å².